The molecule has 2 aromatic rings. The van der Waals surface area contributed by atoms with E-state index in [2.05, 4.69) is 22.8 Å². The van der Waals surface area contributed by atoms with Gasteiger partial charge >= 0.3 is 12.1 Å². The first-order chi connectivity index (χ1) is 16.5. The molecule has 0 aromatic heterocycles. The van der Waals surface area contributed by atoms with E-state index in [1.807, 2.05) is 36.4 Å². The Morgan fingerprint density at radius 2 is 1.74 bits per heavy atom. The number of benzene rings is 2. The van der Waals surface area contributed by atoms with Crippen LogP contribution in [-0.4, -0.2) is 68.7 Å². The highest BCUT2D eigenvalue weighted by Gasteiger charge is 2.36. The van der Waals surface area contributed by atoms with Crippen molar-refractivity contribution in [3.05, 3.63) is 59.7 Å². The summed E-state index contributed by atoms with van der Waals surface area (Å²) in [5, 5.41) is 14.3. The summed E-state index contributed by atoms with van der Waals surface area (Å²) in [6.45, 7) is 0.562. The standard InChI is InChI=1S/C25H28N2O7/c1-32-14-21(24(29)30)27-23(28)22-15(10-11-33-22)12-26-25(31)34-13-20-18-8-4-2-6-16(18)17-7-3-5-9-19(17)20/h2-9,15,20-22H,10-14H2,1H3,(H,26,31)(H,27,28)(H,29,30)/t15-,21?,22-/m1/s1. The molecule has 0 saturated carbocycles. The molecule has 9 heteroatoms. The van der Waals surface area contributed by atoms with E-state index in [1.54, 1.807) is 0 Å². The number of aliphatic carboxylic acids is 1. The Kier molecular flexibility index (Phi) is 7.44. The molecule has 2 aromatic carbocycles. The van der Waals surface area contributed by atoms with Gasteiger partial charge in [0.2, 0.25) is 5.91 Å². The van der Waals surface area contributed by atoms with Gasteiger partial charge < -0.3 is 30.0 Å². The maximum absolute atomic E-state index is 12.5. The monoisotopic (exact) mass is 468 g/mol. The Bertz CT molecular complexity index is 1010. The van der Waals surface area contributed by atoms with Gasteiger partial charge in [0.1, 0.15) is 12.7 Å². The Balaban J connectivity index is 1.30. The topological polar surface area (TPSA) is 123 Å². The van der Waals surface area contributed by atoms with E-state index in [0.717, 1.165) is 22.3 Å². The summed E-state index contributed by atoms with van der Waals surface area (Å²) < 4.78 is 15.9. The van der Waals surface area contributed by atoms with Crippen molar-refractivity contribution in [2.45, 2.75) is 24.5 Å². The minimum atomic E-state index is -1.19. The van der Waals surface area contributed by atoms with E-state index in [1.165, 1.54) is 7.11 Å². The molecule has 2 amide bonds. The summed E-state index contributed by atoms with van der Waals surface area (Å²) in [5.41, 5.74) is 4.55. The molecule has 1 saturated heterocycles. The molecule has 9 nitrogen and oxygen atoms in total. The first-order valence-electron chi connectivity index (χ1n) is 11.2. The number of methoxy groups -OCH3 is 1. The third-order valence-corrected chi connectivity index (χ3v) is 6.27. The summed E-state index contributed by atoms with van der Waals surface area (Å²) in [7, 11) is 1.36. The van der Waals surface area contributed by atoms with Crippen molar-refractivity contribution in [3.63, 3.8) is 0 Å². The Morgan fingerprint density at radius 3 is 2.35 bits per heavy atom. The zero-order chi connectivity index (χ0) is 24.1. The van der Waals surface area contributed by atoms with Crippen molar-refractivity contribution >= 4 is 18.0 Å². The Morgan fingerprint density at radius 1 is 1.09 bits per heavy atom. The molecule has 1 fully saturated rings. The predicted octanol–water partition coefficient (Wildman–Crippen LogP) is 2.15. The molecule has 1 aliphatic carbocycles. The Hall–Kier alpha value is -3.43. The van der Waals surface area contributed by atoms with Crippen LogP contribution in [-0.2, 0) is 23.8 Å². The average molecular weight is 469 g/mol. The second-order valence-electron chi connectivity index (χ2n) is 8.40. The molecule has 0 radical (unpaired) electrons. The van der Waals surface area contributed by atoms with Crippen molar-refractivity contribution in [3.8, 4) is 11.1 Å². The summed E-state index contributed by atoms with van der Waals surface area (Å²) in [5.74, 6) is -2.07. The third kappa shape index (κ3) is 5.05. The number of amides is 2. The van der Waals surface area contributed by atoms with Gasteiger partial charge in [-0.05, 0) is 28.7 Å². The number of hydrogen-bond acceptors (Lipinski definition) is 6. The van der Waals surface area contributed by atoms with E-state index in [9.17, 15) is 19.5 Å². The lowest BCUT2D eigenvalue weighted by Crippen LogP contribution is -2.50. The van der Waals surface area contributed by atoms with Gasteiger partial charge in [-0.2, -0.15) is 0 Å². The van der Waals surface area contributed by atoms with Gasteiger partial charge in [0.25, 0.3) is 0 Å². The van der Waals surface area contributed by atoms with Crippen LogP contribution in [0.5, 0.6) is 0 Å². The number of alkyl carbamates (subject to hydrolysis) is 1. The van der Waals surface area contributed by atoms with E-state index in [0.29, 0.717) is 13.0 Å². The lowest BCUT2D eigenvalue weighted by Gasteiger charge is -2.21. The number of fused-ring (bicyclic) bond motifs is 3. The zero-order valence-corrected chi connectivity index (χ0v) is 18.9. The van der Waals surface area contributed by atoms with Crippen LogP contribution in [0.1, 0.15) is 23.5 Å². The maximum atomic E-state index is 12.5. The zero-order valence-electron chi connectivity index (χ0n) is 18.9. The third-order valence-electron chi connectivity index (χ3n) is 6.27. The van der Waals surface area contributed by atoms with Crippen molar-refractivity contribution in [2.24, 2.45) is 5.92 Å². The summed E-state index contributed by atoms with van der Waals surface area (Å²) >= 11 is 0. The molecule has 4 rings (SSSR count). The highest BCUT2D eigenvalue weighted by molar-refractivity contribution is 5.87. The quantitative estimate of drug-likeness (QED) is 0.515. The molecule has 34 heavy (non-hydrogen) atoms. The van der Waals surface area contributed by atoms with Crippen LogP contribution in [0.4, 0.5) is 4.79 Å². The fraction of sp³-hybridized carbons (Fsp3) is 0.400. The molecule has 0 spiro atoms. The normalized spacial score (nSPS) is 19.7. The first kappa shape index (κ1) is 23.7. The van der Waals surface area contributed by atoms with Crippen LogP contribution >= 0.6 is 0 Å². The average Bonchev–Trinajstić information content (AvgIpc) is 3.44. The Labute approximate surface area is 197 Å². The van der Waals surface area contributed by atoms with Gasteiger partial charge in [0, 0.05) is 32.1 Å². The van der Waals surface area contributed by atoms with Crippen LogP contribution in [0.3, 0.4) is 0 Å². The van der Waals surface area contributed by atoms with E-state index in [-0.39, 0.29) is 31.6 Å². The highest BCUT2D eigenvalue weighted by Crippen LogP contribution is 2.44. The second-order valence-corrected chi connectivity index (χ2v) is 8.40. The number of carboxylic acid groups (broad SMARTS) is 1. The largest absolute Gasteiger partial charge is 0.480 e. The van der Waals surface area contributed by atoms with E-state index < -0.39 is 30.1 Å². The number of rotatable bonds is 9. The first-order valence-corrected chi connectivity index (χ1v) is 11.2. The lowest BCUT2D eigenvalue weighted by molar-refractivity contribution is -0.145. The van der Waals surface area contributed by atoms with Crippen LogP contribution < -0.4 is 10.6 Å². The van der Waals surface area contributed by atoms with Gasteiger partial charge in [-0.1, -0.05) is 48.5 Å². The molecule has 3 atom stereocenters. The second kappa shape index (κ2) is 10.7. The molecule has 0 bridgehead atoms. The van der Waals surface area contributed by atoms with Crippen molar-refractivity contribution in [1.82, 2.24) is 10.6 Å². The molecular weight excluding hydrogens is 440 g/mol. The number of carbonyl (C=O) groups excluding carboxylic acids is 2. The van der Waals surface area contributed by atoms with Gasteiger partial charge in [-0.3, -0.25) is 4.79 Å². The van der Waals surface area contributed by atoms with E-state index >= 15 is 0 Å². The number of hydrogen-bond donors (Lipinski definition) is 3. The smallest absolute Gasteiger partial charge is 0.407 e. The highest BCUT2D eigenvalue weighted by atomic mass is 16.5. The fourth-order valence-corrected chi connectivity index (χ4v) is 4.59. The molecule has 1 heterocycles. The number of ether oxygens (including phenoxy) is 3. The van der Waals surface area contributed by atoms with Crippen molar-refractivity contribution in [2.75, 3.05) is 33.5 Å². The molecule has 3 N–H and O–H groups in total. The predicted molar refractivity (Wildman–Crippen MR) is 122 cm³/mol. The van der Waals surface area contributed by atoms with Crippen LogP contribution in [0.15, 0.2) is 48.5 Å². The van der Waals surface area contributed by atoms with Gasteiger partial charge in [0.15, 0.2) is 6.04 Å². The minimum absolute atomic E-state index is 0.0415. The number of carboxylic acids is 1. The lowest BCUT2D eigenvalue weighted by atomic mass is 9.98. The van der Waals surface area contributed by atoms with Gasteiger partial charge in [-0.25, -0.2) is 9.59 Å². The molecule has 1 aliphatic heterocycles. The molecule has 180 valence electrons. The van der Waals surface area contributed by atoms with Crippen LogP contribution in [0, 0.1) is 5.92 Å². The van der Waals surface area contributed by atoms with Crippen molar-refractivity contribution < 1.29 is 33.7 Å². The fourth-order valence-electron chi connectivity index (χ4n) is 4.59. The number of nitrogens with one attached hydrogen (secondary N) is 2. The van der Waals surface area contributed by atoms with Crippen LogP contribution in [0.2, 0.25) is 0 Å². The van der Waals surface area contributed by atoms with Crippen LogP contribution in [0.25, 0.3) is 11.1 Å². The summed E-state index contributed by atoms with van der Waals surface area (Å²) in [6, 6.07) is 15.0. The summed E-state index contributed by atoms with van der Waals surface area (Å²) in [4.78, 5) is 36.2. The SMILES string of the molecule is COCC(NC(=O)[C@@H]1OCC[C@@H]1CNC(=O)OCC1c2ccccc2-c2ccccc21)C(=O)O. The molecular formula is C25H28N2O7. The summed E-state index contributed by atoms with van der Waals surface area (Å²) in [6.07, 6.45) is -0.868. The van der Waals surface area contributed by atoms with E-state index in [4.69, 9.17) is 14.2 Å². The minimum Gasteiger partial charge on any atom is -0.480 e. The van der Waals surface area contributed by atoms with Gasteiger partial charge in [0.05, 0.1) is 6.61 Å². The van der Waals surface area contributed by atoms with Crippen molar-refractivity contribution in [1.29, 1.82) is 0 Å². The maximum Gasteiger partial charge on any atom is 0.407 e. The number of carbonyl (C=O) groups is 3. The van der Waals surface area contributed by atoms with Gasteiger partial charge in [-0.15, -0.1) is 0 Å². The molecule has 2 aliphatic rings. The molecule has 1 unspecified atom stereocenters.